The number of aryl methyl sites for hydroxylation is 3. The molecule has 3 heteroatoms. The number of hydrogen-bond acceptors (Lipinski definition) is 2. The van der Waals surface area contributed by atoms with Crippen molar-refractivity contribution in [3.8, 4) is 0 Å². The molecule has 0 fully saturated rings. The Kier molecular flexibility index (Phi) is 2.77. The molecule has 0 saturated carbocycles. The van der Waals surface area contributed by atoms with E-state index < -0.39 is 0 Å². The predicted octanol–water partition coefficient (Wildman–Crippen LogP) is 2.83. The highest BCUT2D eigenvalue weighted by Gasteiger charge is 2.21. The van der Waals surface area contributed by atoms with Crippen LogP contribution in [0, 0.1) is 13.8 Å². The Hall–Kier alpha value is -1.90. The molecule has 0 saturated heterocycles. The molecule has 98 valence electrons. The number of nitrogens with two attached hydrogens (primary N) is 1. The summed E-state index contributed by atoms with van der Waals surface area (Å²) in [5, 5.41) is 0.922. The first kappa shape index (κ1) is 12.2. The Balaban J connectivity index is 2.46. The zero-order valence-corrected chi connectivity index (χ0v) is 11.4. The van der Waals surface area contributed by atoms with E-state index in [0.29, 0.717) is 5.56 Å². The molecule has 2 aromatic rings. The van der Waals surface area contributed by atoms with Gasteiger partial charge in [0.1, 0.15) is 0 Å². The monoisotopic (exact) mass is 254 g/mol. The summed E-state index contributed by atoms with van der Waals surface area (Å²) in [6, 6.07) is 4.14. The van der Waals surface area contributed by atoms with E-state index in [1.807, 2.05) is 19.9 Å². The Morgan fingerprint density at radius 2 is 1.95 bits per heavy atom. The van der Waals surface area contributed by atoms with Crippen molar-refractivity contribution < 1.29 is 4.79 Å². The number of hydrogen-bond donors (Lipinski definition) is 1. The van der Waals surface area contributed by atoms with E-state index in [9.17, 15) is 4.79 Å². The van der Waals surface area contributed by atoms with Gasteiger partial charge in [0.2, 0.25) is 5.91 Å². The standard InChI is InChI=1S/C16H18N2O/c1-9-7-10(2)15-12(8-9)14(16(17)19)11-5-3-4-6-13(11)18-15/h7-8H,3-6H2,1-2H3,(H2,17,19). The van der Waals surface area contributed by atoms with Gasteiger partial charge >= 0.3 is 0 Å². The fourth-order valence-electron chi connectivity index (χ4n) is 3.16. The van der Waals surface area contributed by atoms with Crippen LogP contribution in [0.2, 0.25) is 0 Å². The number of carbonyl (C=O) groups is 1. The minimum atomic E-state index is -0.324. The van der Waals surface area contributed by atoms with Gasteiger partial charge < -0.3 is 5.73 Å². The molecule has 1 aromatic carbocycles. The maximum absolute atomic E-state index is 11.9. The average molecular weight is 254 g/mol. The van der Waals surface area contributed by atoms with Gasteiger partial charge in [0.15, 0.2) is 0 Å². The smallest absolute Gasteiger partial charge is 0.249 e. The highest BCUT2D eigenvalue weighted by atomic mass is 16.1. The first-order valence-electron chi connectivity index (χ1n) is 6.80. The number of aromatic nitrogens is 1. The van der Waals surface area contributed by atoms with Crippen molar-refractivity contribution in [1.82, 2.24) is 4.98 Å². The van der Waals surface area contributed by atoms with Crippen LogP contribution in [0.25, 0.3) is 10.9 Å². The van der Waals surface area contributed by atoms with Crippen LogP contribution in [0.5, 0.6) is 0 Å². The molecule has 1 aliphatic rings. The van der Waals surface area contributed by atoms with Gasteiger partial charge in [-0.05, 0) is 56.7 Å². The summed E-state index contributed by atoms with van der Waals surface area (Å²) < 4.78 is 0. The van der Waals surface area contributed by atoms with E-state index in [1.54, 1.807) is 0 Å². The molecule has 19 heavy (non-hydrogen) atoms. The van der Waals surface area contributed by atoms with Crippen molar-refractivity contribution in [3.63, 3.8) is 0 Å². The Morgan fingerprint density at radius 3 is 2.68 bits per heavy atom. The van der Waals surface area contributed by atoms with Crippen molar-refractivity contribution in [2.75, 3.05) is 0 Å². The van der Waals surface area contributed by atoms with E-state index in [4.69, 9.17) is 10.7 Å². The molecule has 0 aliphatic heterocycles. The lowest BCUT2D eigenvalue weighted by atomic mass is 9.88. The summed E-state index contributed by atoms with van der Waals surface area (Å²) in [7, 11) is 0. The normalized spacial score (nSPS) is 14.4. The third-order valence-corrected chi connectivity index (χ3v) is 3.95. The first-order chi connectivity index (χ1) is 9.08. The number of carbonyl (C=O) groups excluding carboxylic acids is 1. The summed E-state index contributed by atoms with van der Waals surface area (Å²) in [5.74, 6) is -0.324. The molecule has 3 nitrogen and oxygen atoms in total. The second-order valence-corrected chi connectivity index (χ2v) is 5.46. The molecule has 0 spiro atoms. The van der Waals surface area contributed by atoms with Crippen LogP contribution in [0.1, 0.15) is 45.6 Å². The zero-order valence-electron chi connectivity index (χ0n) is 11.4. The van der Waals surface area contributed by atoms with Gasteiger partial charge in [0.25, 0.3) is 0 Å². The van der Waals surface area contributed by atoms with Crippen molar-refractivity contribution in [3.05, 3.63) is 40.1 Å². The lowest BCUT2D eigenvalue weighted by molar-refractivity contribution is 0.100. The number of primary amides is 1. The van der Waals surface area contributed by atoms with Gasteiger partial charge in [-0.1, -0.05) is 11.6 Å². The van der Waals surface area contributed by atoms with E-state index in [-0.39, 0.29) is 5.91 Å². The summed E-state index contributed by atoms with van der Waals surface area (Å²) in [5.41, 5.74) is 11.7. The predicted molar refractivity (Wildman–Crippen MR) is 76.4 cm³/mol. The molecule has 1 aromatic heterocycles. The van der Waals surface area contributed by atoms with Crippen molar-refractivity contribution in [2.24, 2.45) is 5.73 Å². The highest BCUT2D eigenvalue weighted by Crippen LogP contribution is 2.31. The molecule has 1 heterocycles. The molecule has 3 rings (SSSR count). The van der Waals surface area contributed by atoms with E-state index in [1.165, 1.54) is 0 Å². The van der Waals surface area contributed by atoms with Gasteiger partial charge in [-0.2, -0.15) is 0 Å². The number of nitrogens with zero attached hydrogens (tertiary/aromatic N) is 1. The van der Waals surface area contributed by atoms with Crippen LogP contribution in [0.3, 0.4) is 0 Å². The Bertz CT molecular complexity index is 689. The largest absolute Gasteiger partial charge is 0.366 e. The van der Waals surface area contributed by atoms with Crippen LogP contribution < -0.4 is 5.73 Å². The summed E-state index contributed by atoms with van der Waals surface area (Å²) in [4.78, 5) is 16.7. The second kappa shape index (κ2) is 4.34. The molecule has 0 bridgehead atoms. The average Bonchev–Trinajstić information content (AvgIpc) is 2.36. The Labute approximate surface area is 112 Å². The minimum absolute atomic E-state index is 0.324. The molecule has 0 radical (unpaired) electrons. The summed E-state index contributed by atoms with van der Waals surface area (Å²) in [6.45, 7) is 4.08. The van der Waals surface area contributed by atoms with Gasteiger partial charge in [0.05, 0.1) is 11.1 Å². The van der Waals surface area contributed by atoms with E-state index in [0.717, 1.165) is 59.0 Å². The van der Waals surface area contributed by atoms with Crippen LogP contribution in [0.4, 0.5) is 0 Å². The number of amides is 1. The van der Waals surface area contributed by atoms with Crippen LogP contribution in [0.15, 0.2) is 12.1 Å². The molecule has 0 atom stereocenters. The second-order valence-electron chi connectivity index (χ2n) is 5.46. The fourth-order valence-corrected chi connectivity index (χ4v) is 3.16. The summed E-state index contributed by atoms with van der Waals surface area (Å²) in [6.07, 6.45) is 4.14. The number of fused-ring (bicyclic) bond motifs is 2. The van der Waals surface area contributed by atoms with E-state index >= 15 is 0 Å². The molecule has 1 aliphatic carbocycles. The molecular weight excluding hydrogens is 236 g/mol. The SMILES string of the molecule is Cc1cc(C)c2nc3c(c(C(N)=O)c2c1)CCCC3. The van der Waals surface area contributed by atoms with Crippen LogP contribution in [-0.2, 0) is 12.8 Å². The van der Waals surface area contributed by atoms with E-state index in [2.05, 4.69) is 6.07 Å². The maximum atomic E-state index is 11.9. The molecule has 2 N–H and O–H groups in total. The lowest BCUT2D eigenvalue weighted by Crippen LogP contribution is -2.19. The molecule has 1 amide bonds. The number of pyridine rings is 1. The highest BCUT2D eigenvalue weighted by molar-refractivity contribution is 6.07. The van der Waals surface area contributed by atoms with Crippen molar-refractivity contribution in [1.29, 1.82) is 0 Å². The topological polar surface area (TPSA) is 56.0 Å². The number of benzene rings is 1. The molecular formula is C16H18N2O. The zero-order chi connectivity index (χ0) is 13.6. The first-order valence-corrected chi connectivity index (χ1v) is 6.80. The maximum Gasteiger partial charge on any atom is 0.249 e. The number of rotatable bonds is 1. The third-order valence-electron chi connectivity index (χ3n) is 3.95. The fraction of sp³-hybridized carbons (Fsp3) is 0.375. The lowest BCUT2D eigenvalue weighted by Gasteiger charge is -2.20. The van der Waals surface area contributed by atoms with Crippen LogP contribution in [-0.4, -0.2) is 10.9 Å². The Morgan fingerprint density at radius 1 is 1.21 bits per heavy atom. The molecule has 0 unspecified atom stereocenters. The summed E-state index contributed by atoms with van der Waals surface area (Å²) >= 11 is 0. The van der Waals surface area contributed by atoms with Gasteiger partial charge in [0, 0.05) is 11.1 Å². The van der Waals surface area contributed by atoms with Crippen LogP contribution >= 0.6 is 0 Å². The van der Waals surface area contributed by atoms with Gasteiger partial charge in [-0.25, -0.2) is 0 Å². The van der Waals surface area contributed by atoms with Crippen molar-refractivity contribution in [2.45, 2.75) is 39.5 Å². The van der Waals surface area contributed by atoms with Crippen molar-refractivity contribution >= 4 is 16.8 Å². The quantitative estimate of drug-likeness (QED) is 0.850. The third kappa shape index (κ3) is 1.89. The minimum Gasteiger partial charge on any atom is -0.366 e. The van der Waals surface area contributed by atoms with Gasteiger partial charge in [-0.15, -0.1) is 0 Å². The van der Waals surface area contributed by atoms with Gasteiger partial charge in [-0.3, -0.25) is 9.78 Å².